The predicted octanol–water partition coefficient (Wildman–Crippen LogP) is 1.83. The van der Waals surface area contributed by atoms with Gasteiger partial charge in [0.1, 0.15) is 5.75 Å². The molecule has 2 aliphatic rings. The van der Waals surface area contributed by atoms with Crippen molar-refractivity contribution in [3.63, 3.8) is 0 Å². The zero-order valence-electron chi connectivity index (χ0n) is 12.4. The summed E-state index contributed by atoms with van der Waals surface area (Å²) in [6.45, 7) is 0.340. The van der Waals surface area contributed by atoms with E-state index in [0.29, 0.717) is 12.3 Å². The molecule has 0 heterocycles. The number of aliphatic carboxylic acids is 1. The summed E-state index contributed by atoms with van der Waals surface area (Å²) in [4.78, 5) is 23.9. The molecule has 2 bridgehead atoms. The number of nitrogens with one attached hydrogen (secondary N) is 1. The molecule has 3 rings (SSSR count). The smallest absolute Gasteiger partial charge is 0.307 e. The number of amides is 1. The van der Waals surface area contributed by atoms with Crippen LogP contribution in [0.5, 0.6) is 5.75 Å². The van der Waals surface area contributed by atoms with Crippen LogP contribution in [-0.2, 0) is 16.1 Å². The van der Waals surface area contributed by atoms with Crippen LogP contribution >= 0.6 is 0 Å². The molecule has 0 aliphatic heterocycles. The van der Waals surface area contributed by atoms with Gasteiger partial charge < -0.3 is 15.2 Å². The van der Waals surface area contributed by atoms with Crippen LogP contribution in [0.15, 0.2) is 36.4 Å². The van der Waals surface area contributed by atoms with Crippen molar-refractivity contribution in [1.82, 2.24) is 5.32 Å². The molecule has 1 saturated carbocycles. The second-order valence-electron chi connectivity index (χ2n) is 5.87. The Balaban J connectivity index is 1.69. The standard InChI is InChI=1S/C17H19NO4/c1-22-13-5-3-2-4-12(13)9-18-16(19)14-10-6-7-11(8-10)15(14)17(20)21/h2-7,10-11,14-15H,8-9H2,1H3,(H,18,19)(H,20,21)/t10-,11-,14+,15+/m0/s1. The van der Waals surface area contributed by atoms with Crippen LogP contribution in [0, 0.1) is 23.7 Å². The maximum atomic E-state index is 12.5. The Morgan fingerprint density at radius 2 is 1.91 bits per heavy atom. The third kappa shape index (κ3) is 2.47. The topological polar surface area (TPSA) is 75.6 Å². The Morgan fingerprint density at radius 3 is 2.59 bits per heavy atom. The fourth-order valence-electron chi connectivity index (χ4n) is 3.67. The molecule has 2 N–H and O–H groups in total. The highest BCUT2D eigenvalue weighted by atomic mass is 16.5. The summed E-state index contributed by atoms with van der Waals surface area (Å²) in [7, 11) is 1.59. The first-order valence-electron chi connectivity index (χ1n) is 7.42. The van der Waals surface area contributed by atoms with Crippen LogP contribution in [-0.4, -0.2) is 24.1 Å². The maximum Gasteiger partial charge on any atom is 0.307 e. The van der Waals surface area contributed by atoms with Crippen molar-refractivity contribution in [2.75, 3.05) is 7.11 Å². The Morgan fingerprint density at radius 1 is 1.23 bits per heavy atom. The van der Waals surface area contributed by atoms with Gasteiger partial charge in [0, 0.05) is 12.1 Å². The van der Waals surface area contributed by atoms with E-state index < -0.39 is 17.8 Å². The molecule has 2 aliphatic carbocycles. The minimum atomic E-state index is -0.880. The highest BCUT2D eigenvalue weighted by Crippen LogP contribution is 2.48. The van der Waals surface area contributed by atoms with Crippen molar-refractivity contribution < 1.29 is 19.4 Å². The van der Waals surface area contributed by atoms with Crippen LogP contribution in [0.3, 0.4) is 0 Å². The summed E-state index contributed by atoms with van der Waals surface area (Å²) < 4.78 is 5.26. The molecule has 1 aromatic carbocycles. The molecular weight excluding hydrogens is 282 g/mol. The van der Waals surface area contributed by atoms with Crippen LogP contribution < -0.4 is 10.1 Å². The first-order chi connectivity index (χ1) is 10.6. The van der Waals surface area contributed by atoms with E-state index in [2.05, 4.69) is 5.32 Å². The summed E-state index contributed by atoms with van der Waals surface area (Å²) >= 11 is 0. The number of rotatable bonds is 5. The Bertz CT molecular complexity index is 625. The molecule has 1 fully saturated rings. The quantitative estimate of drug-likeness (QED) is 0.814. The number of carbonyl (C=O) groups is 2. The van der Waals surface area contributed by atoms with Gasteiger partial charge in [-0.2, -0.15) is 0 Å². The highest BCUT2D eigenvalue weighted by Gasteiger charge is 2.51. The number of carboxylic acids is 1. The average Bonchev–Trinajstić information content (AvgIpc) is 3.13. The second kappa shape index (κ2) is 5.83. The van der Waals surface area contributed by atoms with Crippen LogP contribution in [0.25, 0.3) is 0 Å². The van der Waals surface area contributed by atoms with Gasteiger partial charge in [-0.3, -0.25) is 9.59 Å². The van der Waals surface area contributed by atoms with Gasteiger partial charge >= 0.3 is 5.97 Å². The van der Waals surface area contributed by atoms with E-state index in [1.807, 2.05) is 36.4 Å². The van der Waals surface area contributed by atoms with Crippen molar-refractivity contribution in [1.29, 1.82) is 0 Å². The van der Waals surface area contributed by atoms with Gasteiger partial charge in [0.2, 0.25) is 5.91 Å². The first kappa shape index (κ1) is 14.6. The number of methoxy groups -OCH3 is 1. The molecule has 0 spiro atoms. The minimum absolute atomic E-state index is 0.00971. The summed E-state index contributed by atoms with van der Waals surface area (Å²) in [5, 5.41) is 12.3. The molecule has 1 aromatic rings. The third-order valence-electron chi connectivity index (χ3n) is 4.69. The highest BCUT2D eigenvalue weighted by molar-refractivity contribution is 5.86. The maximum absolute atomic E-state index is 12.5. The molecule has 0 radical (unpaired) electrons. The lowest BCUT2D eigenvalue weighted by Gasteiger charge is -2.24. The van der Waals surface area contributed by atoms with Crippen molar-refractivity contribution in [3.8, 4) is 5.75 Å². The molecule has 5 heteroatoms. The number of hydrogen-bond acceptors (Lipinski definition) is 3. The fraction of sp³-hybridized carbons (Fsp3) is 0.412. The van der Waals surface area contributed by atoms with Gasteiger partial charge in [-0.15, -0.1) is 0 Å². The molecule has 4 atom stereocenters. The lowest BCUT2D eigenvalue weighted by Crippen LogP contribution is -2.39. The number of ether oxygens (including phenoxy) is 1. The number of carboxylic acid groups (broad SMARTS) is 1. The Labute approximate surface area is 129 Å². The van der Waals surface area contributed by atoms with E-state index in [-0.39, 0.29) is 17.7 Å². The van der Waals surface area contributed by atoms with Gasteiger partial charge in [0.05, 0.1) is 18.9 Å². The van der Waals surface area contributed by atoms with E-state index in [1.54, 1.807) is 7.11 Å². The van der Waals surface area contributed by atoms with Gasteiger partial charge in [0.15, 0.2) is 0 Å². The van der Waals surface area contributed by atoms with Gasteiger partial charge in [-0.05, 0) is 24.3 Å². The fourth-order valence-corrected chi connectivity index (χ4v) is 3.67. The largest absolute Gasteiger partial charge is 0.496 e. The normalized spacial score (nSPS) is 28.6. The molecule has 5 nitrogen and oxygen atoms in total. The first-order valence-corrected chi connectivity index (χ1v) is 7.42. The number of benzene rings is 1. The SMILES string of the molecule is COc1ccccc1CNC(=O)[C@H]1[C@H](C(=O)O)[C@H]2C=C[C@H]1C2. The Kier molecular flexibility index (Phi) is 3.88. The van der Waals surface area contributed by atoms with Gasteiger partial charge in [-0.1, -0.05) is 30.4 Å². The van der Waals surface area contributed by atoms with Crippen LogP contribution in [0.4, 0.5) is 0 Å². The lowest BCUT2D eigenvalue weighted by atomic mass is 9.82. The van der Waals surface area contributed by atoms with E-state index >= 15 is 0 Å². The second-order valence-corrected chi connectivity index (χ2v) is 5.87. The van der Waals surface area contributed by atoms with Crippen LogP contribution in [0.2, 0.25) is 0 Å². The van der Waals surface area contributed by atoms with Gasteiger partial charge in [-0.25, -0.2) is 0 Å². The molecule has 0 aromatic heterocycles. The summed E-state index contributed by atoms with van der Waals surface area (Å²) in [5.41, 5.74) is 0.879. The average molecular weight is 301 g/mol. The van der Waals surface area contributed by atoms with Crippen molar-refractivity contribution in [2.45, 2.75) is 13.0 Å². The number of fused-ring (bicyclic) bond motifs is 2. The zero-order valence-corrected chi connectivity index (χ0v) is 12.4. The van der Waals surface area contributed by atoms with E-state index in [0.717, 1.165) is 12.0 Å². The molecule has 116 valence electrons. The van der Waals surface area contributed by atoms with Gasteiger partial charge in [0.25, 0.3) is 0 Å². The monoisotopic (exact) mass is 301 g/mol. The van der Waals surface area contributed by atoms with E-state index in [1.165, 1.54) is 0 Å². The summed E-state index contributed by atoms with van der Waals surface area (Å²) in [6, 6.07) is 7.46. The third-order valence-corrected chi connectivity index (χ3v) is 4.69. The van der Waals surface area contributed by atoms with Crippen molar-refractivity contribution in [2.24, 2.45) is 23.7 Å². The molecule has 22 heavy (non-hydrogen) atoms. The summed E-state index contributed by atoms with van der Waals surface area (Å²) in [6.07, 6.45) is 4.69. The summed E-state index contributed by atoms with van der Waals surface area (Å²) in [5.74, 6) is -1.39. The molecule has 0 saturated heterocycles. The van der Waals surface area contributed by atoms with Crippen LogP contribution in [0.1, 0.15) is 12.0 Å². The zero-order chi connectivity index (χ0) is 15.7. The van der Waals surface area contributed by atoms with Crippen molar-refractivity contribution >= 4 is 11.9 Å². The molecular formula is C17H19NO4. The molecule has 0 unspecified atom stereocenters. The van der Waals surface area contributed by atoms with Crippen molar-refractivity contribution in [3.05, 3.63) is 42.0 Å². The number of carbonyl (C=O) groups excluding carboxylic acids is 1. The van der Waals surface area contributed by atoms with E-state index in [9.17, 15) is 14.7 Å². The Hall–Kier alpha value is -2.30. The van der Waals surface area contributed by atoms with E-state index in [4.69, 9.17) is 4.74 Å². The minimum Gasteiger partial charge on any atom is -0.496 e. The number of para-hydroxylation sites is 1. The number of allylic oxidation sites excluding steroid dienone is 2. The predicted molar refractivity (Wildman–Crippen MR) is 80.2 cm³/mol. The lowest BCUT2D eigenvalue weighted by molar-refractivity contribution is -0.147. The number of hydrogen-bond donors (Lipinski definition) is 2. The molecule has 1 amide bonds.